The molecule has 1 aliphatic carbocycles. The van der Waals surface area contributed by atoms with E-state index in [0.717, 1.165) is 37.8 Å². The van der Waals surface area contributed by atoms with Gasteiger partial charge in [0.2, 0.25) is 15.9 Å². The van der Waals surface area contributed by atoms with E-state index in [1.807, 2.05) is 4.90 Å². The van der Waals surface area contributed by atoms with E-state index in [1.54, 1.807) is 0 Å². The summed E-state index contributed by atoms with van der Waals surface area (Å²) >= 11 is 0. The minimum Gasteiger partial charge on any atom is -0.382 e. The van der Waals surface area contributed by atoms with Crippen LogP contribution < -0.4 is 5.32 Å². The van der Waals surface area contributed by atoms with Gasteiger partial charge in [0.15, 0.2) is 0 Å². The Morgan fingerprint density at radius 3 is 2.24 bits per heavy atom. The Hall–Kier alpha value is -2.25. The summed E-state index contributed by atoms with van der Waals surface area (Å²) in [5, 5.41) is 5.48. The van der Waals surface area contributed by atoms with Gasteiger partial charge in [-0.3, -0.25) is 9.69 Å². The summed E-state index contributed by atoms with van der Waals surface area (Å²) < 4.78 is 66.9. The lowest BCUT2D eigenvalue weighted by Gasteiger charge is -2.37. The predicted molar refractivity (Wildman–Crippen MR) is 138 cm³/mol. The number of piperazine rings is 1. The van der Waals surface area contributed by atoms with Crippen molar-refractivity contribution >= 4 is 27.3 Å². The number of sulfonamides is 1. The summed E-state index contributed by atoms with van der Waals surface area (Å²) in [4.78, 5) is 27.5. The molecule has 0 aromatic heterocycles. The molecule has 3 fully saturated rings. The molecular weight excluding hydrogens is 523 g/mol. The third-order valence-corrected chi connectivity index (χ3v) is 9.77. The molecule has 1 amide bonds. The van der Waals surface area contributed by atoms with E-state index in [9.17, 15) is 31.3 Å². The van der Waals surface area contributed by atoms with Crippen molar-refractivity contribution in [3.8, 4) is 0 Å². The first-order chi connectivity index (χ1) is 18.1. The maximum absolute atomic E-state index is 13.2. The highest BCUT2D eigenvalue weighted by Gasteiger charge is 2.35. The van der Waals surface area contributed by atoms with E-state index < -0.39 is 27.5 Å². The summed E-state index contributed by atoms with van der Waals surface area (Å²) in [7, 11) is -3.47. The molecule has 9 nitrogen and oxygen atoms in total. The molecule has 2 heterocycles. The molecule has 212 valence electrons. The Balaban J connectivity index is 1.21. The number of carbonyl (C=O) groups is 1. The standard InChI is InChI=1S/C25H36F3N5O4S/c26-25(27,28)22-18-21(6-7-23(22)30-35)29-20-8-10-33(11-9-20)38(36,37)17-16-31-12-14-32(15-13-31)24(34)19-4-2-1-3-5-19/h6-7,18-20,29H,1-5,8-17H2. The quantitative estimate of drug-likeness (QED) is 0.483. The molecule has 0 atom stereocenters. The Morgan fingerprint density at radius 1 is 0.974 bits per heavy atom. The molecule has 0 spiro atoms. The molecule has 0 radical (unpaired) electrons. The normalized spacial score (nSPS) is 21.4. The molecule has 1 aromatic rings. The van der Waals surface area contributed by atoms with Gasteiger partial charge in [-0.2, -0.15) is 13.2 Å². The minimum absolute atomic E-state index is 0.00321. The zero-order chi connectivity index (χ0) is 27.3. The zero-order valence-corrected chi connectivity index (χ0v) is 22.3. The number of anilines is 1. The van der Waals surface area contributed by atoms with Crippen LogP contribution in [0.1, 0.15) is 50.5 Å². The monoisotopic (exact) mass is 559 g/mol. The maximum atomic E-state index is 13.2. The molecule has 1 aromatic carbocycles. The molecule has 1 N–H and O–H groups in total. The molecule has 3 aliphatic rings. The number of piperidine rings is 1. The van der Waals surface area contributed by atoms with Gasteiger partial charge in [0.05, 0.1) is 11.3 Å². The lowest BCUT2D eigenvalue weighted by molar-refractivity contribution is -0.138. The fourth-order valence-electron chi connectivity index (χ4n) is 5.62. The number of halogens is 3. The molecule has 0 bridgehead atoms. The summed E-state index contributed by atoms with van der Waals surface area (Å²) in [6, 6.07) is 3.08. The van der Waals surface area contributed by atoms with Gasteiger partial charge in [-0.15, -0.1) is 4.91 Å². The number of hydrogen-bond donors (Lipinski definition) is 1. The molecule has 2 saturated heterocycles. The molecular formula is C25H36F3N5O4S. The Bertz CT molecular complexity index is 1080. The molecule has 2 aliphatic heterocycles. The van der Waals surface area contributed by atoms with Gasteiger partial charge in [0.1, 0.15) is 5.69 Å². The Labute approximate surface area is 221 Å². The van der Waals surface area contributed by atoms with Crippen LogP contribution in [0, 0.1) is 10.8 Å². The fourth-order valence-corrected chi connectivity index (χ4v) is 7.13. The van der Waals surface area contributed by atoms with Crippen LogP contribution in [0.5, 0.6) is 0 Å². The third kappa shape index (κ3) is 7.23. The van der Waals surface area contributed by atoms with Crippen LogP contribution in [0.3, 0.4) is 0 Å². The van der Waals surface area contributed by atoms with Crippen molar-refractivity contribution in [1.29, 1.82) is 0 Å². The molecule has 38 heavy (non-hydrogen) atoms. The van der Waals surface area contributed by atoms with Crippen LogP contribution in [0.4, 0.5) is 24.5 Å². The van der Waals surface area contributed by atoms with E-state index in [-0.39, 0.29) is 42.4 Å². The highest BCUT2D eigenvalue weighted by atomic mass is 32.2. The number of nitrogens with one attached hydrogen (secondary N) is 1. The second kappa shape index (κ2) is 12.3. The highest BCUT2D eigenvalue weighted by molar-refractivity contribution is 7.89. The van der Waals surface area contributed by atoms with E-state index in [0.29, 0.717) is 45.6 Å². The van der Waals surface area contributed by atoms with Crippen molar-refractivity contribution in [2.45, 2.75) is 57.2 Å². The maximum Gasteiger partial charge on any atom is 0.418 e. The van der Waals surface area contributed by atoms with Gasteiger partial charge in [-0.25, -0.2) is 12.7 Å². The molecule has 13 heteroatoms. The van der Waals surface area contributed by atoms with E-state index >= 15 is 0 Å². The smallest absolute Gasteiger partial charge is 0.382 e. The first-order valence-corrected chi connectivity index (χ1v) is 15.0. The highest BCUT2D eigenvalue weighted by Crippen LogP contribution is 2.38. The number of benzene rings is 1. The number of alkyl halides is 3. The van der Waals surface area contributed by atoms with Crippen molar-refractivity contribution < 1.29 is 26.4 Å². The van der Waals surface area contributed by atoms with Crippen LogP contribution in [0.15, 0.2) is 23.4 Å². The van der Waals surface area contributed by atoms with Crippen LogP contribution in [0.2, 0.25) is 0 Å². The predicted octanol–water partition coefficient (Wildman–Crippen LogP) is 4.03. The van der Waals surface area contributed by atoms with Gasteiger partial charge < -0.3 is 10.2 Å². The number of nitroso groups, excluding NO2 is 1. The summed E-state index contributed by atoms with van der Waals surface area (Å²) in [5.74, 6) is 0.392. The van der Waals surface area contributed by atoms with E-state index in [2.05, 4.69) is 15.4 Å². The summed E-state index contributed by atoms with van der Waals surface area (Å²) in [6.45, 7) is 3.56. The molecule has 0 unspecified atom stereocenters. The SMILES string of the molecule is O=Nc1ccc(NC2CCN(S(=O)(=O)CCN3CCN(C(=O)C4CCCCC4)CC3)CC2)cc1C(F)(F)F. The average molecular weight is 560 g/mol. The third-order valence-electron chi connectivity index (χ3n) is 7.92. The summed E-state index contributed by atoms with van der Waals surface area (Å²) in [6.07, 6.45) is 1.60. The van der Waals surface area contributed by atoms with Crippen molar-refractivity contribution in [3.05, 3.63) is 28.7 Å². The molecule has 4 rings (SSSR count). The first-order valence-electron chi connectivity index (χ1n) is 13.4. The van der Waals surface area contributed by atoms with Crippen molar-refractivity contribution in [1.82, 2.24) is 14.1 Å². The van der Waals surface area contributed by atoms with Crippen LogP contribution in [-0.2, 0) is 21.0 Å². The Morgan fingerprint density at radius 2 is 1.63 bits per heavy atom. The average Bonchev–Trinajstić information content (AvgIpc) is 2.92. The number of nitrogens with zero attached hydrogens (tertiary/aromatic N) is 4. The van der Waals surface area contributed by atoms with E-state index in [4.69, 9.17) is 0 Å². The second-order valence-electron chi connectivity index (χ2n) is 10.5. The number of hydrogen-bond acceptors (Lipinski definition) is 7. The van der Waals surface area contributed by atoms with Gasteiger partial charge in [-0.05, 0) is 49.1 Å². The first kappa shape index (κ1) is 28.8. The number of amides is 1. The van der Waals surface area contributed by atoms with E-state index in [1.165, 1.54) is 16.8 Å². The fraction of sp³-hybridized carbons (Fsp3) is 0.720. The molecule has 1 saturated carbocycles. The van der Waals surface area contributed by atoms with Crippen molar-refractivity contribution in [2.75, 3.05) is 56.9 Å². The van der Waals surface area contributed by atoms with Gasteiger partial charge in [-0.1, -0.05) is 19.3 Å². The summed E-state index contributed by atoms with van der Waals surface area (Å²) in [5.41, 5.74) is -1.55. The van der Waals surface area contributed by atoms with Crippen molar-refractivity contribution in [2.24, 2.45) is 11.1 Å². The van der Waals surface area contributed by atoms with Crippen LogP contribution in [-0.4, -0.2) is 86.0 Å². The van der Waals surface area contributed by atoms with Crippen molar-refractivity contribution in [3.63, 3.8) is 0 Å². The lowest BCUT2D eigenvalue weighted by Crippen LogP contribution is -2.52. The van der Waals surface area contributed by atoms with Crippen LogP contribution in [0.25, 0.3) is 0 Å². The minimum atomic E-state index is -4.70. The second-order valence-corrected chi connectivity index (χ2v) is 12.5. The zero-order valence-electron chi connectivity index (χ0n) is 21.5. The topological polar surface area (TPSA) is 102 Å². The number of rotatable bonds is 8. The Kier molecular flexibility index (Phi) is 9.30. The number of carbonyl (C=O) groups excluding carboxylic acids is 1. The van der Waals surface area contributed by atoms with Gasteiger partial charge in [0, 0.05) is 63.5 Å². The lowest BCUT2D eigenvalue weighted by atomic mass is 9.88. The van der Waals surface area contributed by atoms with Gasteiger partial charge >= 0.3 is 6.18 Å². The van der Waals surface area contributed by atoms with Crippen LogP contribution >= 0.6 is 0 Å². The largest absolute Gasteiger partial charge is 0.418 e. The van der Waals surface area contributed by atoms with Gasteiger partial charge in [0.25, 0.3) is 0 Å².